The molecule has 130 valence electrons. The third-order valence-corrected chi connectivity index (χ3v) is 4.53. The quantitative estimate of drug-likeness (QED) is 0.770. The van der Waals surface area contributed by atoms with Crippen molar-refractivity contribution in [1.29, 1.82) is 0 Å². The molecule has 25 heavy (non-hydrogen) atoms. The predicted octanol–water partition coefficient (Wildman–Crippen LogP) is 2.26. The molecule has 0 bridgehead atoms. The number of hydrogen-bond acceptors (Lipinski definition) is 5. The Morgan fingerprint density at radius 2 is 2.20 bits per heavy atom. The molecule has 1 saturated heterocycles. The first kappa shape index (κ1) is 16.0. The molecule has 2 aromatic heterocycles. The topological polar surface area (TPSA) is 82.0 Å². The van der Waals surface area contributed by atoms with Gasteiger partial charge in [-0.1, -0.05) is 37.3 Å². The summed E-state index contributed by atoms with van der Waals surface area (Å²) in [6.07, 6.45) is 3.60. The van der Waals surface area contributed by atoms with Crippen LogP contribution in [0.3, 0.4) is 0 Å². The lowest BCUT2D eigenvalue weighted by molar-refractivity contribution is 0.0232. The molecule has 0 unspecified atom stereocenters. The molecular weight excluding hydrogens is 320 g/mol. The lowest BCUT2D eigenvalue weighted by atomic mass is 9.90. The van der Waals surface area contributed by atoms with Gasteiger partial charge in [0.25, 0.3) is 5.56 Å². The number of aromatic amines is 1. The van der Waals surface area contributed by atoms with Crippen LogP contribution in [0.4, 0.5) is 0 Å². The molecule has 0 saturated carbocycles. The molecule has 1 N–H and O–H groups in total. The van der Waals surface area contributed by atoms with Gasteiger partial charge in [-0.15, -0.1) is 0 Å². The van der Waals surface area contributed by atoms with Crippen molar-refractivity contribution < 1.29 is 9.47 Å². The van der Waals surface area contributed by atoms with E-state index in [1.807, 2.05) is 22.8 Å². The maximum atomic E-state index is 11.8. The number of rotatable bonds is 5. The lowest BCUT2D eigenvalue weighted by Crippen LogP contribution is -2.23. The van der Waals surface area contributed by atoms with E-state index in [2.05, 4.69) is 34.0 Å². The van der Waals surface area contributed by atoms with Crippen molar-refractivity contribution >= 4 is 11.2 Å². The minimum atomic E-state index is -0.240. The summed E-state index contributed by atoms with van der Waals surface area (Å²) in [6, 6.07) is 10.1. The maximum absolute atomic E-state index is 11.8. The number of H-pyrrole nitrogens is 1. The molecule has 7 heteroatoms. The first-order chi connectivity index (χ1) is 12.1. The highest BCUT2D eigenvalue weighted by molar-refractivity contribution is 5.68. The summed E-state index contributed by atoms with van der Waals surface area (Å²) in [7, 11) is 0. The van der Waals surface area contributed by atoms with E-state index in [0.29, 0.717) is 31.0 Å². The number of benzene rings is 1. The van der Waals surface area contributed by atoms with Crippen molar-refractivity contribution in [3.05, 3.63) is 58.9 Å². The summed E-state index contributed by atoms with van der Waals surface area (Å²) < 4.78 is 13.7. The normalized spacial score (nSPS) is 23.3. The molecule has 1 aromatic carbocycles. The van der Waals surface area contributed by atoms with Crippen LogP contribution in [-0.4, -0.2) is 32.7 Å². The Morgan fingerprint density at radius 3 is 3.04 bits per heavy atom. The minimum absolute atomic E-state index is 0.0861. The molecule has 0 aliphatic carbocycles. The zero-order valence-corrected chi connectivity index (χ0v) is 14.0. The number of aromatic nitrogens is 4. The smallest absolute Gasteiger partial charge is 0.278 e. The van der Waals surface area contributed by atoms with E-state index >= 15 is 0 Å². The molecule has 1 fully saturated rings. The maximum Gasteiger partial charge on any atom is 0.278 e. The molecule has 4 rings (SSSR count). The summed E-state index contributed by atoms with van der Waals surface area (Å²) in [4.78, 5) is 22.7. The van der Waals surface area contributed by atoms with Gasteiger partial charge in [0, 0.05) is 11.8 Å². The zero-order valence-electron chi connectivity index (χ0n) is 14.0. The second kappa shape index (κ2) is 6.42. The first-order valence-corrected chi connectivity index (χ1v) is 8.28. The van der Waals surface area contributed by atoms with Gasteiger partial charge in [-0.25, -0.2) is 9.97 Å². The van der Waals surface area contributed by atoms with E-state index in [9.17, 15) is 4.79 Å². The summed E-state index contributed by atoms with van der Waals surface area (Å²) in [6.45, 7) is 3.94. The number of imidazole rings is 1. The molecular formula is C18H20N4O3. The van der Waals surface area contributed by atoms with Crippen molar-refractivity contribution in [1.82, 2.24) is 19.5 Å². The fourth-order valence-electron chi connectivity index (χ4n) is 3.18. The Labute approximate surface area is 144 Å². The highest BCUT2D eigenvalue weighted by Gasteiger charge is 2.38. The molecule has 0 spiro atoms. The van der Waals surface area contributed by atoms with Crippen LogP contribution in [0.5, 0.6) is 0 Å². The van der Waals surface area contributed by atoms with Gasteiger partial charge in [0.2, 0.25) is 0 Å². The van der Waals surface area contributed by atoms with Crippen LogP contribution in [-0.2, 0) is 16.1 Å². The van der Waals surface area contributed by atoms with E-state index in [1.165, 1.54) is 6.33 Å². The van der Waals surface area contributed by atoms with E-state index in [4.69, 9.17) is 9.47 Å². The van der Waals surface area contributed by atoms with Gasteiger partial charge in [-0.2, -0.15) is 0 Å². The SMILES string of the molecule is C[C@@]1(COCc2ccccc2)CO[C@H](n2cnc3c(=O)[nH]cnc32)C1. The Morgan fingerprint density at radius 1 is 1.36 bits per heavy atom. The monoisotopic (exact) mass is 340 g/mol. The van der Waals surface area contributed by atoms with E-state index < -0.39 is 0 Å². The van der Waals surface area contributed by atoms with Gasteiger partial charge in [0.15, 0.2) is 11.2 Å². The van der Waals surface area contributed by atoms with Crippen LogP contribution in [0, 0.1) is 5.41 Å². The van der Waals surface area contributed by atoms with E-state index in [-0.39, 0.29) is 17.2 Å². The molecule has 0 radical (unpaired) electrons. The third kappa shape index (κ3) is 3.20. The summed E-state index contributed by atoms with van der Waals surface area (Å²) in [5, 5.41) is 0. The van der Waals surface area contributed by atoms with Crippen LogP contribution in [0.15, 0.2) is 47.8 Å². The van der Waals surface area contributed by atoms with Crippen LogP contribution in [0.2, 0.25) is 0 Å². The number of fused-ring (bicyclic) bond motifs is 1. The Hall–Kier alpha value is -2.51. The molecule has 1 aliphatic heterocycles. The first-order valence-electron chi connectivity index (χ1n) is 8.28. The van der Waals surface area contributed by atoms with Crippen LogP contribution < -0.4 is 5.56 Å². The summed E-state index contributed by atoms with van der Waals surface area (Å²) >= 11 is 0. The molecule has 2 atom stereocenters. The number of ether oxygens (including phenoxy) is 2. The number of nitrogens with zero attached hydrogens (tertiary/aromatic N) is 3. The van der Waals surface area contributed by atoms with E-state index in [0.717, 1.165) is 12.0 Å². The van der Waals surface area contributed by atoms with Gasteiger partial charge in [0.1, 0.15) is 6.23 Å². The lowest BCUT2D eigenvalue weighted by Gasteiger charge is -2.21. The number of nitrogens with one attached hydrogen (secondary N) is 1. The van der Waals surface area contributed by atoms with Gasteiger partial charge in [-0.3, -0.25) is 9.36 Å². The van der Waals surface area contributed by atoms with Crippen LogP contribution in [0.1, 0.15) is 25.1 Å². The molecule has 3 aromatic rings. The van der Waals surface area contributed by atoms with Crippen molar-refractivity contribution in [3.8, 4) is 0 Å². The fourth-order valence-corrected chi connectivity index (χ4v) is 3.18. The molecule has 1 aliphatic rings. The molecule has 3 heterocycles. The number of hydrogen-bond donors (Lipinski definition) is 1. The van der Waals surface area contributed by atoms with Gasteiger partial charge < -0.3 is 14.5 Å². The largest absolute Gasteiger partial charge is 0.376 e. The molecule has 7 nitrogen and oxygen atoms in total. The van der Waals surface area contributed by atoms with E-state index in [1.54, 1.807) is 6.33 Å². The van der Waals surface area contributed by atoms with Crippen molar-refractivity contribution in [3.63, 3.8) is 0 Å². The minimum Gasteiger partial charge on any atom is -0.376 e. The van der Waals surface area contributed by atoms with Gasteiger partial charge in [0.05, 0.1) is 32.5 Å². The average Bonchev–Trinajstić information content (AvgIpc) is 3.21. The Bertz CT molecular complexity index is 921. The van der Waals surface area contributed by atoms with Crippen molar-refractivity contribution in [2.45, 2.75) is 26.2 Å². The zero-order chi connectivity index (χ0) is 17.3. The van der Waals surface area contributed by atoms with Crippen molar-refractivity contribution in [2.75, 3.05) is 13.2 Å². The van der Waals surface area contributed by atoms with Gasteiger partial charge >= 0.3 is 0 Å². The second-order valence-electron chi connectivity index (χ2n) is 6.81. The van der Waals surface area contributed by atoms with Crippen LogP contribution in [0.25, 0.3) is 11.2 Å². The summed E-state index contributed by atoms with van der Waals surface area (Å²) in [5.41, 5.74) is 1.71. The Balaban J connectivity index is 1.43. The highest BCUT2D eigenvalue weighted by atomic mass is 16.5. The average molecular weight is 340 g/mol. The highest BCUT2D eigenvalue weighted by Crippen LogP contribution is 2.38. The second-order valence-corrected chi connectivity index (χ2v) is 6.81. The van der Waals surface area contributed by atoms with Gasteiger partial charge in [-0.05, 0) is 5.56 Å². The van der Waals surface area contributed by atoms with Crippen LogP contribution >= 0.6 is 0 Å². The standard InChI is InChI=1S/C18H20N4O3/c1-18(9-24-8-13-5-3-2-4-6-13)7-14(25-10-18)22-12-21-15-16(22)19-11-20-17(15)23/h2-6,11-12,14H,7-10H2,1H3,(H,19,20,23)/t14-,18+/m0/s1. The molecule has 0 amide bonds. The summed E-state index contributed by atoms with van der Waals surface area (Å²) in [5.74, 6) is 0. The van der Waals surface area contributed by atoms with Crippen molar-refractivity contribution in [2.24, 2.45) is 5.41 Å². The third-order valence-electron chi connectivity index (χ3n) is 4.53. The Kier molecular flexibility index (Phi) is 4.10. The fraction of sp³-hybridized carbons (Fsp3) is 0.389. The predicted molar refractivity (Wildman–Crippen MR) is 92.0 cm³/mol.